The van der Waals surface area contributed by atoms with Crippen LogP contribution in [0.5, 0.6) is 0 Å². The number of amides is 2. The number of nitrogens with zero attached hydrogens (tertiary/aromatic N) is 2. The van der Waals surface area contributed by atoms with Crippen molar-refractivity contribution in [1.82, 2.24) is 14.9 Å². The number of halogens is 2. The molecule has 134 valence electrons. The number of pyridine rings is 2. The molecule has 0 aliphatic carbocycles. The monoisotopic (exact) mass is 374 g/mol. The van der Waals surface area contributed by atoms with Crippen molar-refractivity contribution in [3.05, 3.63) is 69.6 Å². The zero-order valence-corrected chi connectivity index (χ0v) is 14.8. The fraction of sp³-hybridized carbons (Fsp3) is 0.167. The molecular weight excluding hydrogens is 359 g/mol. The Morgan fingerprint density at radius 2 is 2.12 bits per heavy atom. The predicted molar refractivity (Wildman–Crippen MR) is 99.0 cm³/mol. The summed E-state index contributed by atoms with van der Waals surface area (Å²) in [6, 6.07) is 4.96. The van der Waals surface area contributed by atoms with Gasteiger partial charge in [-0.2, -0.15) is 0 Å². The Labute approximate surface area is 153 Å². The number of benzene rings is 1. The molecule has 8 heteroatoms. The lowest BCUT2D eigenvalue weighted by Gasteiger charge is -2.26. The van der Waals surface area contributed by atoms with Crippen LogP contribution in [0.1, 0.15) is 18.5 Å². The summed E-state index contributed by atoms with van der Waals surface area (Å²) < 4.78 is 13.2. The molecule has 0 saturated carbocycles. The van der Waals surface area contributed by atoms with Crippen LogP contribution >= 0.6 is 11.6 Å². The van der Waals surface area contributed by atoms with Crippen LogP contribution in [0, 0.1) is 5.82 Å². The second-order valence-corrected chi connectivity index (χ2v) is 6.25. The van der Waals surface area contributed by atoms with E-state index in [-0.39, 0.29) is 16.6 Å². The van der Waals surface area contributed by atoms with Crippen molar-refractivity contribution in [2.45, 2.75) is 13.0 Å². The Balaban J connectivity index is 1.86. The molecule has 3 aromatic rings. The normalized spacial score (nSPS) is 12.0. The number of carbonyl (C=O) groups excluding carboxylic acids is 1. The van der Waals surface area contributed by atoms with Crippen LogP contribution in [0.2, 0.25) is 5.02 Å². The largest absolute Gasteiger partial charge is 0.328 e. The van der Waals surface area contributed by atoms with E-state index in [1.807, 2.05) is 6.92 Å². The highest BCUT2D eigenvalue weighted by molar-refractivity contribution is 6.31. The SMILES string of the molecule is CC(c1c[nH]c(=O)c2cnccc12)N(C)C(=O)Nc1ccc(F)c(Cl)c1. The Hall–Kier alpha value is -2.93. The topological polar surface area (TPSA) is 78.1 Å². The molecule has 0 spiro atoms. The van der Waals surface area contributed by atoms with Crippen molar-refractivity contribution in [1.29, 1.82) is 0 Å². The molecule has 2 N–H and O–H groups in total. The second kappa shape index (κ2) is 7.13. The Bertz CT molecular complexity index is 1040. The van der Waals surface area contributed by atoms with Crippen molar-refractivity contribution in [2.24, 2.45) is 0 Å². The number of H-pyrrole nitrogens is 1. The Morgan fingerprint density at radius 3 is 2.85 bits per heavy atom. The van der Waals surface area contributed by atoms with Gasteiger partial charge in [0.15, 0.2) is 0 Å². The number of rotatable bonds is 3. The summed E-state index contributed by atoms with van der Waals surface area (Å²) in [5, 5.41) is 3.78. The summed E-state index contributed by atoms with van der Waals surface area (Å²) in [4.78, 5) is 32.6. The predicted octanol–water partition coefficient (Wildman–Crippen LogP) is 3.94. The third kappa shape index (κ3) is 3.39. The maximum absolute atomic E-state index is 13.2. The minimum Gasteiger partial charge on any atom is -0.328 e. The molecule has 2 aromatic heterocycles. The highest BCUT2D eigenvalue weighted by Gasteiger charge is 2.20. The van der Waals surface area contributed by atoms with Crippen LogP contribution in [0.15, 0.2) is 47.7 Å². The molecule has 0 radical (unpaired) electrons. The van der Waals surface area contributed by atoms with Crippen molar-refractivity contribution in [3.63, 3.8) is 0 Å². The van der Waals surface area contributed by atoms with Gasteiger partial charge in [-0.25, -0.2) is 9.18 Å². The summed E-state index contributed by atoms with van der Waals surface area (Å²) in [6.45, 7) is 1.84. The molecule has 0 aliphatic heterocycles. The highest BCUT2D eigenvalue weighted by atomic mass is 35.5. The fourth-order valence-corrected chi connectivity index (χ4v) is 2.82. The van der Waals surface area contributed by atoms with Crippen LogP contribution in [0.25, 0.3) is 10.8 Å². The third-order valence-electron chi connectivity index (χ3n) is 4.26. The molecule has 0 aliphatic rings. The summed E-state index contributed by atoms with van der Waals surface area (Å²) in [7, 11) is 1.63. The zero-order valence-electron chi connectivity index (χ0n) is 14.1. The van der Waals surface area contributed by atoms with Gasteiger partial charge in [0, 0.05) is 31.3 Å². The van der Waals surface area contributed by atoms with E-state index < -0.39 is 11.8 Å². The second-order valence-electron chi connectivity index (χ2n) is 5.84. The molecule has 2 amide bonds. The lowest BCUT2D eigenvalue weighted by atomic mass is 10.0. The first-order valence-corrected chi connectivity index (χ1v) is 8.20. The van der Waals surface area contributed by atoms with E-state index in [9.17, 15) is 14.0 Å². The summed E-state index contributed by atoms with van der Waals surface area (Å²) in [5.41, 5.74) is 0.921. The van der Waals surface area contributed by atoms with E-state index in [0.29, 0.717) is 11.1 Å². The molecule has 0 fully saturated rings. The average Bonchev–Trinajstić information content (AvgIpc) is 2.64. The van der Waals surface area contributed by atoms with Gasteiger partial charge in [-0.1, -0.05) is 11.6 Å². The van der Waals surface area contributed by atoms with E-state index in [0.717, 1.165) is 10.9 Å². The lowest BCUT2D eigenvalue weighted by molar-refractivity contribution is 0.208. The van der Waals surface area contributed by atoms with Crippen LogP contribution in [-0.2, 0) is 0 Å². The van der Waals surface area contributed by atoms with E-state index in [1.165, 1.54) is 29.3 Å². The highest BCUT2D eigenvalue weighted by Crippen LogP contribution is 2.25. The van der Waals surface area contributed by atoms with Crippen LogP contribution < -0.4 is 10.9 Å². The molecule has 1 aromatic carbocycles. The van der Waals surface area contributed by atoms with Crippen molar-refractivity contribution in [2.75, 3.05) is 12.4 Å². The first-order chi connectivity index (χ1) is 12.4. The van der Waals surface area contributed by atoms with Crippen LogP contribution in [-0.4, -0.2) is 27.9 Å². The summed E-state index contributed by atoms with van der Waals surface area (Å²) in [6.07, 6.45) is 4.68. The third-order valence-corrected chi connectivity index (χ3v) is 4.55. The molecular formula is C18H16ClFN4O2. The average molecular weight is 375 g/mol. The minimum absolute atomic E-state index is 0.0716. The summed E-state index contributed by atoms with van der Waals surface area (Å²) >= 11 is 5.74. The van der Waals surface area contributed by atoms with Crippen molar-refractivity contribution in [3.8, 4) is 0 Å². The summed E-state index contributed by atoms with van der Waals surface area (Å²) in [5.74, 6) is -0.556. The van der Waals surface area contributed by atoms with E-state index in [1.54, 1.807) is 25.5 Å². The molecule has 0 saturated heterocycles. The van der Waals surface area contributed by atoms with E-state index >= 15 is 0 Å². The zero-order chi connectivity index (χ0) is 18.8. The van der Waals surface area contributed by atoms with Crippen molar-refractivity contribution < 1.29 is 9.18 Å². The van der Waals surface area contributed by atoms with Gasteiger partial charge in [0.05, 0.1) is 16.5 Å². The van der Waals surface area contributed by atoms with Gasteiger partial charge in [0.25, 0.3) is 5.56 Å². The van der Waals surface area contributed by atoms with Gasteiger partial charge < -0.3 is 15.2 Å². The van der Waals surface area contributed by atoms with Gasteiger partial charge in [-0.05, 0) is 42.1 Å². The van der Waals surface area contributed by atoms with Crippen LogP contribution in [0.3, 0.4) is 0 Å². The number of urea groups is 1. The molecule has 2 heterocycles. The first kappa shape index (κ1) is 17.9. The Kier molecular flexibility index (Phi) is 4.90. The van der Waals surface area contributed by atoms with Gasteiger partial charge in [0.2, 0.25) is 0 Å². The number of fused-ring (bicyclic) bond motifs is 1. The van der Waals surface area contributed by atoms with Crippen molar-refractivity contribution >= 4 is 34.1 Å². The maximum Gasteiger partial charge on any atom is 0.322 e. The number of aromatic amines is 1. The number of hydrogen-bond acceptors (Lipinski definition) is 3. The smallest absolute Gasteiger partial charge is 0.322 e. The fourth-order valence-electron chi connectivity index (χ4n) is 2.64. The molecule has 1 atom stereocenters. The Morgan fingerprint density at radius 1 is 1.35 bits per heavy atom. The molecule has 26 heavy (non-hydrogen) atoms. The molecule has 1 unspecified atom stereocenters. The standard InChI is InChI=1S/C18H16ClFN4O2/c1-10(13-9-22-17(25)14-8-21-6-5-12(13)14)24(2)18(26)23-11-3-4-16(20)15(19)7-11/h3-10H,1-2H3,(H,22,25)(H,23,26). The number of nitrogens with one attached hydrogen (secondary N) is 2. The molecule has 3 rings (SSSR count). The molecule has 6 nitrogen and oxygen atoms in total. The minimum atomic E-state index is -0.556. The van der Waals surface area contributed by atoms with E-state index in [2.05, 4.69) is 15.3 Å². The number of carbonyl (C=O) groups is 1. The van der Waals surface area contributed by atoms with E-state index in [4.69, 9.17) is 11.6 Å². The molecule has 0 bridgehead atoms. The van der Waals surface area contributed by atoms with Gasteiger partial charge in [-0.15, -0.1) is 0 Å². The van der Waals surface area contributed by atoms with Gasteiger partial charge in [-0.3, -0.25) is 9.78 Å². The number of anilines is 1. The number of hydrogen-bond donors (Lipinski definition) is 2. The van der Waals surface area contributed by atoms with Gasteiger partial charge >= 0.3 is 6.03 Å². The quantitative estimate of drug-likeness (QED) is 0.728. The lowest BCUT2D eigenvalue weighted by Crippen LogP contribution is -2.34. The maximum atomic E-state index is 13.2. The first-order valence-electron chi connectivity index (χ1n) is 7.82. The van der Waals surface area contributed by atoms with Crippen LogP contribution in [0.4, 0.5) is 14.9 Å². The van der Waals surface area contributed by atoms with Gasteiger partial charge in [0.1, 0.15) is 5.82 Å². The number of aromatic nitrogens is 2.